The van der Waals surface area contributed by atoms with Gasteiger partial charge in [-0.1, -0.05) is 86.0 Å². The van der Waals surface area contributed by atoms with Crippen LogP contribution in [0.5, 0.6) is 5.88 Å². The summed E-state index contributed by atoms with van der Waals surface area (Å²) in [6, 6.07) is 13.6. The minimum Gasteiger partial charge on any atom is -0.494 e. The van der Waals surface area contributed by atoms with Crippen LogP contribution in [0.15, 0.2) is 53.0 Å². The molecule has 0 aliphatic heterocycles. The molecule has 0 saturated heterocycles. The highest BCUT2D eigenvalue weighted by Gasteiger charge is 2.26. The molecule has 0 spiro atoms. The van der Waals surface area contributed by atoms with Crippen molar-refractivity contribution in [3.05, 3.63) is 58.6 Å². The maximum absolute atomic E-state index is 13.0. The zero-order chi connectivity index (χ0) is 24.3. The van der Waals surface area contributed by atoms with Crippen molar-refractivity contribution in [1.29, 1.82) is 0 Å². The van der Waals surface area contributed by atoms with E-state index in [-0.39, 0.29) is 23.8 Å². The average Bonchev–Trinajstić information content (AvgIpc) is 3.11. The van der Waals surface area contributed by atoms with Gasteiger partial charge in [0, 0.05) is 22.2 Å². The van der Waals surface area contributed by atoms with Crippen LogP contribution in [0.4, 0.5) is 10.5 Å². The number of nitrogens with one attached hydrogen (secondary N) is 1. The Balaban J connectivity index is 1.63. The number of aromatic nitrogens is 1. The van der Waals surface area contributed by atoms with Crippen LogP contribution in [-0.2, 0) is 4.74 Å². The third kappa shape index (κ3) is 6.93. The molecule has 3 aromatic rings. The monoisotopic (exact) mass is 528 g/mol. The quantitative estimate of drug-likeness (QED) is 0.177. The zero-order valence-corrected chi connectivity index (χ0v) is 21.3. The van der Waals surface area contributed by atoms with Crippen LogP contribution in [-0.4, -0.2) is 34.7 Å². The fraction of sp³-hybridized carbons (Fsp3) is 0.407. The van der Waals surface area contributed by atoms with Gasteiger partial charge in [0.25, 0.3) is 0 Å². The minimum atomic E-state index is -0.546. The Morgan fingerprint density at radius 1 is 0.971 bits per heavy atom. The van der Waals surface area contributed by atoms with Crippen LogP contribution in [0, 0.1) is 0 Å². The number of ketones is 1. The van der Waals surface area contributed by atoms with Crippen LogP contribution in [0.2, 0.25) is 0 Å². The maximum atomic E-state index is 13.0. The Morgan fingerprint density at radius 3 is 2.35 bits per heavy atom. The maximum Gasteiger partial charge on any atom is 0.333 e. The molecule has 0 bridgehead atoms. The summed E-state index contributed by atoms with van der Waals surface area (Å²) >= 11 is 3.41. The SMILES string of the molecule is CCCCCCCCCCOCC(=O)c1c(O)n(C(=O)Nc2ccccc2)c2ccc(Br)cc12. The predicted octanol–water partition coefficient (Wildman–Crippen LogP) is 7.53. The number of amides is 1. The molecule has 0 aliphatic carbocycles. The van der Waals surface area contributed by atoms with E-state index >= 15 is 0 Å². The molecule has 1 amide bonds. The molecule has 2 aromatic carbocycles. The number of carbonyl (C=O) groups is 2. The first kappa shape index (κ1) is 26.0. The highest BCUT2D eigenvalue weighted by atomic mass is 79.9. The van der Waals surface area contributed by atoms with Crippen molar-refractivity contribution in [3.8, 4) is 5.88 Å². The van der Waals surface area contributed by atoms with Gasteiger partial charge >= 0.3 is 6.03 Å². The number of unbranched alkanes of at least 4 members (excludes halogenated alkanes) is 7. The van der Waals surface area contributed by atoms with Gasteiger partial charge in [-0.3, -0.25) is 4.79 Å². The Kier molecular flexibility index (Phi) is 10.2. The molecule has 3 rings (SSSR count). The highest BCUT2D eigenvalue weighted by Crippen LogP contribution is 2.34. The molecule has 6 nitrogen and oxygen atoms in total. The molecule has 182 valence electrons. The molecular formula is C27H33BrN2O4. The lowest BCUT2D eigenvalue weighted by Crippen LogP contribution is -2.19. The van der Waals surface area contributed by atoms with Gasteiger partial charge in [0.15, 0.2) is 5.78 Å². The fourth-order valence-corrected chi connectivity index (χ4v) is 4.37. The van der Waals surface area contributed by atoms with E-state index in [0.717, 1.165) is 21.9 Å². The number of nitrogens with zero attached hydrogens (tertiary/aromatic N) is 1. The lowest BCUT2D eigenvalue weighted by atomic mass is 10.1. The second-order valence-electron chi connectivity index (χ2n) is 8.44. The van der Waals surface area contributed by atoms with Gasteiger partial charge in [0.1, 0.15) is 6.61 Å². The number of benzene rings is 2. The molecule has 0 aliphatic rings. The van der Waals surface area contributed by atoms with Crippen molar-refractivity contribution >= 4 is 44.3 Å². The molecule has 0 unspecified atom stereocenters. The second-order valence-corrected chi connectivity index (χ2v) is 9.36. The van der Waals surface area contributed by atoms with Crippen LogP contribution < -0.4 is 5.32 Å². The number of carbonyl (C=O) groups excluding carboxylic acids is 2. The predicted molar refractivity (Wildman–Crippen MR) is 140 cm³/mol. The Hall–Kier alpha value is -2.64. The Morgan fingerprint density at radius 2 is 1.65 bits per heavy atom. The number of aromatic hydroxyl groups is 1. The molecule has 34 heavy (non-hydrogen) atoms. The molecule has 2 N–H and O–H groups in total. The van der Waals surface area contributed by atoms with Gasteiger partial charge in [-0.25, -0.2) is 9.36 Å². The third-order valence-corrected chi connectivity index (χ3v) is 6.28. The smallest absolute Gasteiger partial charge is 0.333 e. The summed E-state index contributed by atoms with van der Waals surface area (Å²) in [6.45, 7) is 2.57. The van der Waals surface area contributed by atoms with Crippen molar-refractivity contribution < 1.29 is 19.4 Å². The van der Waals surface area contributed by atoms with Crippen molar-refractivity contribution in [3.63, 3.8) is 0 Å². The topological polar surface area (TPSA) is 80.6 Å². The van der Waals surface area contributed by atoms with Gasteiger partial charge < -0.3 is 15.2 Å². The van der Waals surface area contributed by atoms with E-state index in [1.807, 2.05) is 6.07 Å². The Bertz CT molecular complexity index is 1090. The first-order valence-electron chi connectivity index (χ1n) is 12.0. The lowest BCUT2D eigenvalue weighted by molar-refractivity contribution is 0.0751. The van der Waals surface area contributed by atoms with Gasteiger partial charge in [0.05, 0.1) is 11.1 Å². The number of fused-ring (bicyclic) bond motifs is 1. The normalized spacial score (nSPS) is 11.1. The molecule has 1 aromatic heterocycles. The van der Waals surface area contributed by atoms with Gasteiger partial charge in [0.2, 0.25) is 5.88 Å². The number of hydrogen-bond acceptors (Lipinski definition) is 4. The number of rotatable bonds is 13. The number of Topliss-reactive ketones (excluding diaryl/α,β-unsaturated/α-hetero) is 1. The Labute approximate surface area is 209 Å². The molecule has 7 heteroatoms. The largest absolute Gasteiger partial charge is 0.494 e. The van der Waals surface area contributed by atoms with E-state index in [1.165, 1.54) is 38.5 Å². The molecule has 0 fully saturated rings. The minimum absolute atomic E-state index is 0.0930. The zero-order valence-electron chi connectivity index (χ0n) is 19.7. The van der Waals surface area contributed by atoms with E-state index in [0.29, 0.717) is 23.2 Å². The summed E-state index contributed by atoms with van der Waals surface area (Å²) in [5.74, 6) is -0.742. The van der Waals surface area contributed by atoms with Crippen LogP contribution in [0.3, 0.4) is 0 Å². The summed E-state index contributed by atoms with van der Waals surface area (Å²) in [6.07, 6.45) is 9.55. The average molecular weight is 529 g/mol. The van der Waals surface area contributed by atoms with E-state index in [2.05, 4.69) is 28.2 Å². The molecular weight excluding hydrogens is 496 g/mol. The first-order valence-corrected chi connectivity index (χ1v) is 12.8. The summed E-state index contributed by atoms with van der Waals surface area (Å²) in [4.78, 5) is 25.9. The van der Waals surface area contributed by atoms with Crippen LogP contribution in [0.1, 0.15) is 68.6 Å². The van der Waals surface area contributed by atoms with Gasteiger partial charge in [-0.2, -0.15) is 0 Å². The van der Waals surface area contributed by atoms with Crippen molar-refractivity contribution in [1.82, 2.24) is 4.57 Å². The van der Waals surface area contributed by atoms with Crippen molar-refractivity contribution in [2.45, 2.75) is 58.3 Å². The third-order valence-electron chi connectivity index (χ3n) is 5.79. The second kappa shape index (κ2) is 13.3. The summed E-state index contributed by atoms with van der Waals surface area (Å²) in [5.41, 5.74) is 1.13. The highest BCUT2D eigenvalue weighted by molar-refractivity contribution is 9.10. The van der Waals surface area contributed by atoms with E-state index in [9.17, 15) is 14.7 Å². The number of anilines is 1. The fourth-order valence-electron chi connectivity index (χ4n) is 4.01. The summed E-state index contributed by atoms with van der Waals surface area (Å²) < 4.78 is 7.48. The number of halogens is 1. The molecule has 0 atom stereocenters. The summed E-state index contributed by atoms with van der Waals surface area (Å²) in [5, 5.41) is 14.1. The van der Waals surface area contributed by atoms with Gasteiger partial charge in [-0.05, 0) is 36.8 Å². The van der Waals surface area contributed by atoms with Crippen LogP contribution in [0.25, 0.3) is 10.9 Å². The van der Waals surface area contributed by atoms with Crippen LogP contribution >= 0.6 is 15.9 Å². The molecule has 1 heterocycles. The molecule has 0 saturated carbocycles. The molecule has 0 radical (unpaired) electrons. The number of ether oxygens (including phenoxy) is 1. The van der Waals surface area contributed by atoms with E-state index in [4.69, 9.17) is 4.74 Å². The van der Waals surface area contributed by atoms with Crippen molar-refractivity contribution in [2.24, 2.45) is 0 Å². The summed E-state index contributed by atoms with van der Waals surface area (Å²) in [7, 11) is 0. The van der Waals surface area contributed by atoms with Gasteiger partial charge in [-0.15, -0.1) is 0 Å². The van der Waals surface area contributed by atoms with Crippen molar-refractivity contribution in [2.75, 3.05) is 18.5 Å². The number of hydrogen-bond donors (Lipinski definition) is 2. The first-order chi connectivity index (χ1) is 16.5. The van der Waals surface area contributed by atoms with E-state index < -0.39 is 6.03 Å². The number of para-hydroxylation sites is 1. The van der Waals surface area contributed by atoms with E-state index in [1.54, 1.807) is 42.5 Å². The lowest BCUT2D eigenvalue weighted by Gasteiger charge is -2.08. The standard InChI is InChI=1S/C27H33BrN2O4/c1-2-3-4-5-6-7-8-12-17-34-19-24(31)25-22-18-20(28)15-16-23(22)30(26(25)32)27(33)29-21-13-10-9-11-14-21/h9-11,13-16,18,32H,2-8,12,17,19H2,1H3,(H,29,33).